The summed E-state index contributed by atoms with van der Waals surface area (Å²) in [5.74, 6) is 0.626. The number of carbonyl (C=O) groups excluding carboxylic acids is 2. The molecule has 2 amide bonds. The van der Waals surface area contributed by atoms with Gasteiger partial charge in [-0.15, -0.1) is 0 Å². The Morgan fingerprint density at radius 1 is 1.29 bits per heavy atom. The zero-order chi connectivity index (χ0) is 21.2. The number of aliphatic imine (C=N–C) groups is 1. The van der Waals surface area contributed by atoms with Gasteiger partial charge in [-0.25, -0.2) is 4.79 Å². The highest BCUT2D eigenvalue weighted by atomic mass is 16.6. The van der Waals surface area contributed by atoms with Crippen LogP contribution in [-0.4, -0.2) is 43.2 Å². The smallest absolute Gasteiger partial charge is 0.407 e. The minimum Gasteiger partial charge on any atom is -0.454 e. The van der Waals surface area contributed by atoms with Crippen LogP contribution in [0.3, 0.4) is 0 Å². The summed E-state index contributed by atoms with van der Waals surface area (Å²) in [6.07, 6.45) is 2.46. The lowest BCUT2D eigenvalue weighted by Crippen LogP contribution is -2.48. The van der Waals surface area contributed by atoms with Crippen LogP contribution in [0.4, 0.5) is 4.79 Å². The van der Waals surface area contributed by atoms with Crippen molar-refractivity contribution in [2.45, 2.75) is 65.1 Å². The molecule has 1 atom stereocenters. The Morgan fingerprint density at radius 3 is 2.54 bits per heavy atom. The number of guanidine groups is 1. The number of nitrogens with two attached hydrogens (primary N) is 1. The van der Waals surface area contributed by atoms with Gasteiger partial charge in [-0.2, -0.15) is 0 Å². The lowest BCUT2D eigenvalue weighted by Gasteiger charge is -2.24. The van der Waals surface area contributed by atoms with Crippen LogP contribution >= 0.6 is 0 Å². The number of unbranched alkanes of at least 4 members (excludes halogenated alkanes) is 1. The second kappa shape index (κ2) is 11.2. The van der Waals surface area contributed by atoms with Gasteiger partial charge in [0.05, 0.1) is 6.54 Å². The average Bonchev–Trinajstić information content (AvgIpc) is 3.08. The number of ether oxygens (including phenoxy) is 1. The monoisotopic (exact) mass is 395 g/mol. The second-order valence-corrected chi connectivity index (χ2v) is 7.42. The first-order chi connectivity index (χ1) is 13.1. The highest BCUT2D eigenvalue weighted by Gasteiger charge is 2.18. The number of alkyl carbamates (subject to hydrolysis) is 1. The number of carbonyl (C=O) groups is 2. The molecule has 28 heavy (non-hydrogen) atoms. The van der Waals surface area contributed by atoms with Crippen molar-refractivity contribution >= 4 is 18.0 Å². The van der Waals surface area contributed by atoms with E-state index in [4.69, 9.17) is 14.9 Å². The molecule has 0 aromatic carbocycles. The number of primary amides is 1. The molecule has 9 heteroatoms. The fraction of sp³-hybridized carbons (Fsp3) is 0.632. The SMILES string of the molecule is CCCCC(CNC(=O)OC(C)(C)C)NC(=NC)NCc1ccc(C(N)=O)o1. The summed E-state index contributed by atoms with van der Waals surface area (Å²) in [7, 11) is 1.66. The first kappa shape index (κ1) is 23.3. The van der Waals surface area contributed by atoms with Crippen LogP contribution < -0.4 is 21.7 Å². The van der Waals surface area contributed by atoms with E-state index in [1.54, 1.807) is 13.1 Å². The molecule has 0 saturated heterocycles. The van der Waals surface area contributed by atoms with Crippen LogP contribution in [0.25, 0.3) is 0 Å². The highest BCUT2D eigenvalue weighted by molar-refractivity contribution is 5.89. The fourth-order valence-corrected chi connectivity index (χ4v) is 2.36. The molecule has 158 valence electrons. The van der Waals surface area contributed by atoms with E-state index in [2.05, 4.69) is 27.9 Å². The van der Waals surface area contributed by atoms with Crippen LogP contribution in [0, 0.1) is 0 Å². The summed E-state index contributed by atoms with van der Waals surface area (Å²) in [5, 5.41) is 9.20. The molecule has 1 heterocycles. The largest absolute Gasteiger partial charge is 0.454 e. The Balaban J connectivity index is 2.58. The van der Waals surface area contributed by atoms with E-state index < -0.39 is 17.6 Å². The molecule has 9 nitrogen and oxygen atoms in total. The van der Waals surface area contributed by atoms with Gasteiger partial charge < -0.3 is 30.8 Å². The summed E-state index contributed by atoms with van der Waals surface area (Å²) in [6, 6.07) is 3.19. The van der Waals surface area contributed by atoms with E-state index in [-0.39, 0.29) is 11.8 Å². The molecule has 1 aromatic heterocycles. The average molecular weight is 396 g/mol. The van der Waals surface area contributed by atoms with Crippen molar-refractivity contribution in [2.24, 2.45) is 10.7 Å². The normalized spacial score (nSPS) is 13.0. The lowest BCUT2D eigenvalue weighted by molar-refractivity contribution is 0.0522. The molecule has 0 fully saturated rings. The van der Waals surface area contributed by atoms with Gasteiger partial charge in [-0.3, -0.25) is 9.79 Å². The van der Waals surface area contributed by atoms with E-state index in [1.165, 1.54) is 6.07 Å². The molecule has 0 radical (unpaired) electrons. The van der Waals surface area contributed by atoms with E-state index in [1.807, 2.05) is 20.8 Å². The van der Waals surface area contributed by atoms with Crippen LogP contribution in [0.2, 0.25) is 0 Å². The molecule has 0 aliphatic heterocycles. The Labute approximate surface area is 166 Å². The predicted octanol–water partition coefficient (Wildman–Crippen LogP) is 2.13. The predicted molar refractivity (Wildman–Crippen MR) is 108 cm³/mol. The van der Waals surface area contributed by atoms with E-state index in [9.17, 15) is 9.59 Å². The maximum Gasteiger partial charge on any atom is 0.407 e. The molecule has 0 spiro atoms. The minimum absolute atomic E-state index is 0.0172. The van der Waals surface area contributed by atoms with E-state index in [0.717, 1.165) is 19.3 Å². The Kier molecular flexibility index (Phi) is 9.34. The molecule has 0 bridgehead atoms. The molecular weight excluding hydrogens is 362 g/mol. The summed E-state index contributed by atoms with van der Waals surface area (Å²) < 4.78 is 10.6. The van der Waals surface area contributed by atoms with Crippen molar-refractivity contribution in [2.75, 3.05) is 13.6 Å². The fourth-order valence-electron chi connectivity index (χ4n) is 2.36. The lowest BCUT2D eigenvalue weighted by atomic mass is 10.1. The van der Waals surface area contributed by atoms with Crippen molar-refractivity contribution in [3.63, 3.8) is 0 Å². The number of nitrogens with one attached hydrogen (secondary N) is 3. The summed E-state index contributed by atoms with van der Waals surface area (Å²) in [4.78, 5) is 27.2. The third kappa shape index (κ3) is 9.29. The first-order valence-electron chi connectivity index (χ1n) is 9.47. The van der Waals surface area contributed by atoms with E-state index in [0.29, 0.717) is 24.8 Å². The Morgan fingerprint density at radius 2 is 2.00 bits per heavy atom. The number of rotatable bonds is 9. The van der Waals surface area contributed by atoms with Crippen LogP contribution in [0.5, 0.6) is 0 Å². The second-order valence-electron chi connectivity index (χ2n) is 7.42. The van der Waals surface area contributed by atoms with Crippen molar-refractivity contribution in [3.8, 4) is 0 Å². The van der Waals surface area contributed by atoms with Gasteiger partial charge >= 0.3 is 6.09 Å². The number of amides is 2. The Bertz CT molecular complexity index is 664. The molecule has 0 saturated carbocycles. The molecular formula is C19H33N5O4. The summed E-state index contributed by atoms with van der Waals surface area (Å²) in [5.41, 5.74) is 4.64. The van der Waals surface area contributed by atoms with Gasteiger partial charge in [-0.05, 0) is 39.3 Å². The van der Waals surface area contributed by atoms with Gasteiger partial charge in [-0.1, -0.05) is 19.8 Å². The van der Waals surface area contributed by atoms with Gasteiger partial charge in [0.1, 0.15) is 11.4 Å². The third-order valence-electron chi connectivity index (χ3n) is 3.70. The maximum absolute atomic E-state index is 11.9. The zero-order valence-corrected chi connectivity index (χ0v) is 17.4. The zero-order valence-electron chi connectivity index (χ0n) is 17.4. The number of nitrogens with zero attached hydrogens (tertiary/aromatic N) is 1. The standard InChI is InChI=1S/C19H33N5O4/c1-6-7-8-13(11-23-18(26)28-19(2,3)4)24-17(21-5)22-12-14-9-10-15(27-14)16(20)25/h9-10,13H,6-8,11-12H2,1-5H3,(H2,20,25)(H,23,26)(H2,21,22,24). The quantitative estimate of drug-likeness (QED) is 0.374. The molecule has 0 aliphatic carbocycles. The number of hydrogen-bond acceptors (Lipinski definition) is 5. The molecule has 0 aliphatic rings. The highest BCUT2D eigenvalue weighted by Crippen LogP contribution is 2.08. The molecule has 1 unspecified atom stereocenters. The Hall–Kier alpha value is -2.71. The molecule has 5 N–H and O–H groups in total. The summed E-state index contributed by atoms with van der Waals surface area (Å²) >= 11 is 0. The first-order valence-corrected chi connectivity index (χ1v) is 9.47. The van der Waals surface area contributed by atoms with Gasteiger partial charge in [0.25, 0.3) is 5.91 Å². The number of hydrogen-bond donors (Lipinski definition) is 4. The van der Waals surface area contributed by atoms with Crippen molar-refractivity contribution in [3.05, 3.63) is 23.7 Å². The van der Waals surface area contributed by atoms with Gasteiger partial charge in [0.2, 0.25) is 0 Å². The third-order valence-corrected chi connectivity index (χ3v) is 3.70. The molecule has 1 aromatic rings. The van der Waals surface area contributed by atoms with Crippen molar-refractivity contribution in [1.29, 1.82) is 0 Å². The topological polar surface area (TPSA) is 131 Å². The maximum atomic E-state index is 11.9. The van der Waals surface area contributed by atoms with Crippen molar-refractivity contribution < 1.29 is 18.7 Å². The van der Waals surface area contributed by atoms with Crippen LogP contribution in [0.15, 0.2) is 21.5 Å². The van der Waals surface area contributed by atoms with Gasteiger partial charge in [0.15, 0.2) is 11.7 Å². The molecule has 1 rings (SSSR count). The van der Waals surface area contributed by atoms with Crippen LogP contribution in [0.1, 0.15) is 63.3 Å². The van der Waals surface area contributed by atoms with E-state index >= 15 is 0 Å². The van der Waals surface area contributed by atoms with Gasteiger partial charge in [0, 0.05) is 19.6 Å². The van der Waals surface area contributed by atoms with Crippen molar-refractivity contribution in [1.82, 2.24) is 16.0 Å². The summed E-state index contributed by atoms with van der Waals surface area (Å²) in [6.45, 7) is 8.32. The number of furan rings is 1. The minimum atomic E-state index is -0.610. The van der Waals surface area contributed by atoms with Crippen LogP contribution in [-0.2, 0) is 11.3 Å².